The van der Waals surface area contributed by atoms with Crippen molar-refractivity contribution in [3.05, 3.63) is 98.3 Å². The molecular weight excluding hydrogens is 1080 g/mol. The maximum atomic E-state index is 11.1. The third-order valence-corrected chi connectivity index (χ3v) is 9.13. The molecule has 2 N–H and O–H groups in total. The van der Waals surface area contributed by atoms with Crippen molar-refractivity contribution in [2.24, 2.45) is 11.0 Å². The lowest BCUT2D eigenvalue weighted by atomic mass is 9.92. The summed E-state index contributed by atoms with van der Waals surface area (Å²) in [7, 11) is 0. The van der Waals surface area contributed by atoms with Crippen molar-refractivity contribution in [3.63, 3.8) is 0 Å². The first-order valence-electron chi connectivity index (χ1n) is 16.4. The van der Waals surface area contributed by atoms with Crippen molar-refractivity contribution in [1.82, 2.24) is 20.2 Å². The van der Waals surface area contributed by atoms with Crippen LogP contribution in [0.4, 0.5) is 0 Å². The number of hydrogen-bond acceptors (Lipinski definition) is 7. The lowest BCUT2D eigenvalue weighted by Crippen LogP contribution is -2.42. The molecule has 52 heavy (non-hydrogen) atoms. The molecule has 0 bridgehead atoms. The van der Waals surface area contributed by atoms with Gasteiger partial charge in [0.1, 0.15) is 17.6 Å². The third-order valence-electron chi connectivity index (χ3n) is 7.61. The summed E-state index contributed by atoms with van der Waals surface area (Å²) in [6.07, 6.45) is 19.2. The van der Waals surface area contributed by atoms with Crippen molar-refractivity contribution < 1.29 is 19.1 Å². The Labute approximate surface area is 359 Å². The Morgan fingerprint density at radius 2 is 1.75 bits per heavy atom. The number of benzene rings is 2. The Balaban J connectivity index is 0.000000241. The smallest absolute Gasteiger partial charge is 0.168 e. The summed E-state index contributed by atoms with van der Waals surface area (Å²) in [5.74, 6) is 0.0485. The fourth-order valence-electron chi connectivity index (χ4n) is 5.31. The Hall–Kier alpha value is -1.86. The van der Waals surface area contributed by atoms with Crippen LogP contribution in [0.15, 0.2) is 97.8 Å². The Morgan fingerprint density at radius 3 is 2.37 bits per heavy atom. The second-order valence-electron chi connectivity index (χ2n) is 11.0. The molecule has 3 unspecified atom stereocenters. The number of nitrogens with zero attached hydrogens (tertiary/aromatic N) is 3. The zero-order valence-electron chi connectivity index (χ0n) is 28.4. The first-order valence-corrected chi connectivity index (χ1v) is 22.5. The van der Waals surface area contributed by atoms with E-state index in [0.717, 1.165) is 69.4 Å². The monoisotopic (exact) mass is 1130 g/mol. The van der Waals surface area contributed by atoms with E-state index >= 15 is 0 Å². The van der Waals surface area contributed by atoms with E-state index < -0.39 is 0 Å². The minimum absolute atomic E-state index is 0. The lowest BCUT2D eigenvalue weighted by molar-refractivity contribution is -0.102. The van der Waals surface area contributed by atoms with Crippen LogP contribution in [0.2, 0.25) is 0 Å². The van der Waals surface area contributed by atoms with Gasteiger partial charge in [0.05, 0.1) is 30.3 Å². The minimum Gasteiger partial charge on any atom is -0.502 e. The van der Waals surface area contributed by atoms with Gasteiger partial charge in [0.25, 0.3) is 0 Å². The normalized spacial score (nSPS) is 19.3. The molecule has 4 aromatic rings. The van der Waals surface area contributed by atoms with E-state index in [-0.39, 0.29) is 25.6 Å². The highest BCUT2D eigenvalue weighted by atomic mass is 127. The summed E-state index contributed by atoms with van der Waals surface area (Å²) in [6.45, 7) is 3.81. The van der Waals surface area contributed by atoms with Crippen LogP contribution in [-0.4, -0.2) is 73.3 Å². The molecule has 0 spiro atoms. The van der Waals surface area contributed by atoms with E-state index in [1.54, 1.807) is 6.26 Å². The maximum Gasteiger partial charge on any atom is 0.168 e. The Morgan fingerprint density at radius 1 is 1.00 bits per heavy atom. The predicted molar refractivity (Wildman–Crippen MR) is 243 cm³/mol. The van der Waals surface area contributed by atoms with Crippen LogP contribution in [0.5, 0.6) is 0 Å². The molecule has 5 heterocycles. The summed E-state index contributed by atoms with van der Waals surface area (Å²) >= 11 is 14.6. The maximum absolute atomic E-state index is 11.1. The van der Waals surface area contributed by atoms with E-state index in [4.69, 9.17) is 9.47 Å². The number of nitrogens with one attached hydrogen (secondary N) is 2. The molecule has 1 fully saturated rings. The van der Waals surface area contributed by atoms with Crippen molar-refractivity contribution in [1.29, 1.82) is 0 Å². The highest BCUT2D eigenvalue weighted by Gasteiger charge is 2.39. The van der Waals surface area contributed by atoms with Gasteiger partial charge in [0, 0.05) is 42.5 Å². The van der Waals surface area contributed by atoms with Crippen molar-refractivity contribution >= 4 is 133 Å². The molecule has 2 aromatic carbocycles. The van der Waals surface area contributed by atoms with E-state index in [1.165, 1.54) is 28.2 Å². The number of ether oxygens (including phenoxy) is 2. The molecule has 8 rings (SSSR count). The third kappa shape index (κ3) is 14.4. The number of halogens is 5. The van der Waals surface area contributed by atoms with Gasteiger partial charge in [0.2, 0.25) is 0 Å². The Bertz CT molecular complexity index is 1780. The van der Waals surface area contributed by atoms with Gasteiger partial charge in [-0.2, -0.15) is 10.2 Å². The first-order chi connectivity index (χ1) is 24.9. The van der Waals surface area contributed by atoms with Gasteiger partial charge in [-0.3, -0.25) is 19.7 Å². The van der Waals surface area contributed by atoms with Crippen LogP contribution in [0.1, 0.15) is 56.9 Å². The number of carbonyl (C=O) groups excluding carboxylic acids is 2. The minimum atomic E-state index is 0. The van der Waals surface area contributed by atoms with Crippen molar-refractivity contribution in [2.75, 3.05) is 22.6 Å². The molecule has 282 valence electrons. The number of hydrogen-bond donors (Lipinski definition) is 2. The first kappa shape index (κ1) is 46.3. The molecule has 0 radical (unpaired) electrons. The number of fused-ring (bicyclic) bond motifs is 3. The second kappa shape index (κ2) is 26.0. The predicted octanol–water partition coefficient (Wildman–Crippen LogP) is 11.7. The fourth-order valence-corrected chi connectivity index (χ4v) is 6.49. The molecule has 0 saturated carbocycles. The van der Waals surface area contributed by atoms with Gasteiger partial charge >= 0.3 is 0 Å². The molecule has 1 saturated heterocycles. The number of aromatic nitrogens is 3. The number of aldehydes is 2. The summed E-state index contributed by atoms with van der Waals surface area (Å²) < 4.78 is 14.9. The molecule has 14 heteroatoms. The van der Waals surface area contributed by atoms with Gasteiger partial charge in [-0.05, 0) is 90.0 Å². The molecule has 1 aliphatic carbocycles. The molecule has 3 aliphatic heterocycles. The van der Waals surface area contributed by atoms with Crippen molar-refractivity contribution in [2.45, 2.75) is 58.7 Å². The highest BCUT2D eigenvalue weighted by molar-refractivity contribution is 14.1. The van der Waals surface area contributed by atoms with Gasteiger partial charge in [-0.1, -0.05) is 126 Å². The summed E-state index contributed by atoms with van der Waals surface area (Å²) in [6, 6.07) is 13.9. The fraction of sp³-hybridized carbons (Fsp3) is 0.368. The zero-order chi connectivity index (χ0) is 37.0. The molecule has 0 amide bonds. The van der Waals surface area contributed by atoms with Gasteiger partial charge in [-0.15, -0.1) is 0 Å². The summed E-state index contributed by atoms with van der Waals surface area (Å²) in [5, 5.41) is 15.1. The van der Waals surface area contributed by atoms with Crippen LogP contribution in [0.25, 0.3) is 21.8 Å². The second-order valence-corrected chi connectivity index (χ2v) is 15.3. The summed E-state index contributed by atoms with van der Waals surface area (Å²) in [4.78, 5) is 26.7. The van der Waals surface area contributed by atoms with Gasteiger partial charge < -0.3 is 14.5 Å². The number of carbonyl (C=O) groups is 2. The van der Waals surface area contributed by atoms with Crippen LogP contribution in [0, 0.1) is 5.92 Å². The molecule has 4 aliphatic rings. The average Bonchev–Trinajstić information content (AvgIpc) is 3.91. The van der Waals surface area contributed by atoms with E-state index in [9.17, 15) is 9.59 Å². The van der Waals surface area contributed by atoms with Gasteiger partial charge in [-0.25, -0.2) is 0 Å². The number of H-pyrrole nitrogens is 2. The summed E-state index contributed by atoms with van der Waals surface area (Å²) in [5.41, 5.74) is 3.10. The van der Waals surface area contributed by atoms with E-state index in [1.807, 2.05) is 58.6 Å². The average molecular weight is 1130 g/mol. The van der Waals surface area contributed by atoms with Crippen LogP contribution >= 0.6 is 93.0 Å². The number of rotatable bonds is 3. The van der Waals surface area contributed by atoms with E-state index in [0.29, 0.717) is 11.4 Å². The topological polar surface area (TPSA) is 113 Å². The highest BCUT2D eigenvalue weighted by Crippen LogP contribution is 2.34. The van der Waals surface area contributed by atoms with Crippen LogP contribution in [0.3, 0.4) is 0 Å². The lowest BCUT2D eigenvalue weighted by Gasteiger charge is -2.34. The number of hydrazone groups is 1. The number of allylic oxidation sites excluding steroid dienone is 3. The standard InChI is InChI=1S/C13H15BrN2O2.C8H5BrN2O.C8H6BrN.C5H8O.C2H5I.CH3I.CH4/c14-9-4-5-12-10(7-9)11(8-17)15-16(12)13-3-1-2-6-18-13;9-5-1-2-7-6(3-5)8(4-12)11-10-7;9-7-1-2-8-6(5-7)3-4-10-8;1-2-4-6-5-3-1;1-2-3;1-2;/h4-5,7-8,10,12-13H,1-3,6H2;1-4H,(H,10,11);1-5,10H;2,4H,1,3,5H2;2H2,1H3;1H3;1H4. The number of aromatic amines is 2. The van der Waals surface area contributed by atoms with Gasteiger partial charge in [0.15, 0.2) is 12.6 Å². The zero-order valence-corrected chi connectivity index (χ0v) is 37.5. The van der Waals surface area contributed by atoms with Crippen LogP contribution < -0.4 is 0 Å². The van der Waals surface area contributed by atoms with Crippen LogP contribution in [-0.2, 0) is 14.3 Å². The molecule has 9 nitrogen and oxygen atoms in total. The molecular formula is C38H46Br3I2N5O4. The molecule has 2 aromatic heterocycles. The largest absolute Gasteiger partial charge is 0.502 e. The molecule has 3 atom stereocenters. The van der Waals surface area contributed by atoms with E-state index in [2.05, 4.69) is 144 Å². The van der Waals surface area contributed by atoms with Crippen molar-refractivity contribution in [3.8, 4) is 0 Å². The SMILES string of the molecule is Brc1ccc2[nH]ccc2c1.C.C1=COCCC1.CCI.CI.O=CC1=NN(C2CCCCO2)C2C=CC(Br)=CC12.O=Cc1[nH]nc2ccc(Br)cc12. The number of alkyl halides is 2. The Kier molecular flexibility index (Phi) is 23.2. The quantitative estimate of drug-likeness (QED) is 0.120.